The molecule has 118 valence electrons. The summed E-state index contributed by atoms with van der Waals surface area (Å²) in [7, 11) is 3.18. The predicted octanol–water partition coefficient (Wildman–Crippen LogP) is 1.82. The number of nitrogens with two attached hydrogens (primary N) is 1. The van der Waals surface area contributed by atoms with Gasteiger partial charge in [-0.2, -0.15) is 0 Å². The highest BCUT2D eigenvalue weighted by atomic mass is 35.5. The number of carbonyl (C=O) groups is 1. The van der Waals surface area contributed by atoms with Crippen molar-refractivity contribution in [2.24, 2.45) is 5.73 Å². The van der Waals surface area contributed by atoms with Gasteiger partial charge in [-0.3, -0.25) is 4.79 Å². The van der Waals surface area contributed by atoms with Crippen LogP contribution in [0.3, 0.4) is 0 Å². The van der Waals surface area contributed by atoms with Gasteiger partial charge >= 0.3 is 0 Å². The maximum Gasteiger partial charge on any atom is 0.236 e. The molecule has 1 rings (SSSR count). The monoisotopic (exact) mass is 314 g/mol. The molecule has 0 unspecified atom stereocenters. The van der Waals surface area contributed by atoms with Crippen molar-refractivity contribution in [3.63, 3.8) is 0 Å². The van der Waals surface area contributed by atoms with E-state index >= 15 is 0 Å². The third-order valence-corrected chi connectivity index (χ3v) is 2.86. The van der Waals surface area contributed by atoms with Gasteiger partial charge in [0.25, 0.3) is 0 Å². The molecule has 0 aromatic heterocycles. The van der Waals surface area contributed by atoms with Crippen LogP contribution in [0.1, 0.15) is 18.1 Å². The van der Waals surface area contributed by atoms with Crippen LogP contribution in [0.25, 0.3) is 0 Å². The third-order valence-electron chi connectivity index (χ3n) is 2.86. The first-order valence-electron chi connectivity index (χ1n) is 6.41. The maximum absolute atomic E-state index is 11.5. The Morgan fingerprint density at radius 1 is 1.43 bits per heavy atom. The van der Waals surface area contributed by atoms with E-state index in [0.29, 0.717) is 24.5 Å². The van der Waals surface area contributed by atoms with Crippen molar-refractivity contribution in [2.45, 2.75) is 25.9 Å². The Hall–Kier alpha value is -1.72. The van der Waals surface area contributed by atoms with E-state index in [1.165, 1.54) is 0 Å². The van der Waals surface area contributed by atoms with Crippen LogP contribution in [0.4, 0.5) is 0 Å². The lowest BCUT2D eigenvalue weighted by Crippen LogP contribution is -2.37. The molecule has 1 aromatic rings. The summed E-state index contributed by atoms with van der Waals surface area (Å²) >= 11 is 0. The van der Waals surface area contributed by atoms with Crippen LogP contribution in [-0.2, 0) is 17.8 Å². The Morgan fingerprint density at radius 3 is 2.57 bits per heavy atom. The van der Waals surface area contributed by atoms with Gasteiger partial charge in [0.05, 0.1) is 20.3 Å². The van der Waals surface area contributed by atoms with Gasteiger partial charge in [0.15, 0.2) is 11.5 Å². The lowest BCUT2D eigenvalue weighted by molar-refractivity contribution is -0.122. The van der Waals surface area contributed by atoms with Crippen LogP contribution >= 0.6 is 12.4 Å². The number of amides is 1. The van der Waals surface area contributed by atoms with Gasteiger partial charge in [-0.15, -0.1) is 19.0 Å². The molecule has 3 N–H and O–H groups in total. The van der Waals surface area contributed by atoms with Crippen molar-refractivity contribution in [3.8, 4) is 11.5 Å². The van der Waals surface area contributed by atoms with Crippen molar-refractivity contribution < 1.29 is 14.3 Å². The Morgan fingerprint density at radius 2 is 2.10 bits per heavy atom. The average Bonchev–Trinajstić information content (AvgIpc) is 2.44. The molecule has 0 saturated heterocycles. The van der Waals surface area contributed by atoms with Crippen LogP contribution in [0.5, 0.6) is 11.5 Å². The van der Waals surface area contributed by atoms with Gasteiger partial charge < -0.3 is 20.5 Å². The molecule has 0 spiro atoms. The minimum Gasteiger partial charge on any atom is -0.493 e. The van der Waals surface area contributed by atoms with Crippen LogP contribution in [0, 0.1) is 0 Å². The summed E-state index contributed by atoms with van der Waals surface area (Å²) in [5, 5.41) is 2.77. The number of nitrogens with one attached hydrogen (secondary N) is 1. The second-order valence-corrected chi connectivity index (χ2v) is 4.49. The van der Waals surface area contributed by atoms with Gasteiger partial charge in [-0.25, -0.2) is 0 Å². The molecule has 1 aromatic carbocycles. The quantitative estimate of drug-likeness (QED) is 0.753. The second kappa shape index (κ2) is 9.26. The summed E-state index contributed by atoms with van der Waals surface area (Å²) in [6.07, 6.45) is 2.45. The molecule has 21 heavy (non-hydrogen) atoms. The number of allylic oxidation sites excluding steroid dienone is 1. The van der Waals surface area contributed by atoms with Crippen molar-refractivity contribution in [3.05, 3.63) is 35.9 Å². The van der Waals surface area contributed by atoms with Crippen molar-refractivity contribution in [1.82, 2.24) is 5.32 Å². The Bertz CT molecular complexity index is 490. The normalized spacial score (nSPS) is 11.0. The number of methoxy groups -OCH3 is 2. The minimum atomic E-state index is -0.525. The van der Waals surface area contributed by atoms with Crippen LogP contribution < -0.4 is 20.5 Å². The van der Waals surface area contributed by atoms with E-state index in [1.807, 2.05) is 12.1 Å². The van der Waals surface area contributed by atoms with Crippen LogP contribution in [0.2, 0.25) is 0 Å². The number of hydrogen-bond donors (Lipinski definition) is 2. The Balaban J connectivity index is 0.00000400. The molecule has 0 saturated carbocycles. The molecule has 1 amide bonds. The molecule has 0 bridgehead atoms. The van der Waals surface area contributed by atoms with Gasteiger partial charge in [0.1, 0.15) is 0 Å². The summed E-state index contributed by atoms with van der Waals surface area (Å²) in [6, 6.07) is 3.28. The van der Waals surface area contributed by atoms with Gasteiger partial charge in [-0.05, 0) is 31.0 Å². The molecule has 0 aliphatic rings. The van der Waals surface area contributed by atoms with Gasteiger partial charge in [0, 0.05) is 12.1 Å². The van der Waals surface area contributed by atoms with E-state index in [2.05, 4.69) is 11.9 Å². The zero-order valence-electron chi connectivity index (χ0n) is 12.6. The largest absolute Gasteiger partial charge is 0.493 e. The number of rotatable bonds is 7. The van der Waals surface area contributed by atoms with E-state index in [9.17, 15) is 4.79 Å². The number of halogens is 1. The highest BCUT2D eigenvalue weighted by Crippen LogP contribution is 2.33. The Kier molecular flexibility index (Phi) is 8.50. The van der Waals surface area contributed by atoms with Gasteiger partial charge in [-0.1, -0.05) is 6.08 Å². The molecule has 0 radical (unpaired) electrons. The van der Waals surface area contributed by atoms with Gasteiger partial charge in [0.2, 0.25) is 5.91 Å². The maximum atomic E-state index is 11.5. The van der Waals surface area contributed by atoms with E-state index in [4.69, 9.17) is 15.2 Å². The number of benzene rings is 1. The molecule has 5 nitrogen and oxygen atoms in total. The molecular weight excluding hydrogens is 292 g/mol. The predicted molar refractivity (Wildman–Crippen MR) is 86.2 cm³/mol. The fourth-order valence-corrected chi connectivity index (χ4v) is 1.87. The molecule has 1 atom stereocenters. The Labute approximate surface area is 131 Å². The van der Waals surface area contributed by atoms with Crippen molar-refractivity contribution in [2.75, 3.05) is 14.2 Å². The standard InChI is InChI=1S/C15H22N2O3.ClH/c1-5-6-12-7-11(9-17-15(18)10(2)16)8-13(19-3)14(12)20-4;/h5,7-8,10H,1,6,9,16H2,2-4H3,(H,17,18);1H/t10-;/m1./s1. The zero-order chi connectivity index (χ0) is 15.1. The summed E-state index contributed by atoms with van der Waals surface area (Å²) in [4.78, 5) is 11.5. The zero-order valence-corrected chi connectivity index (χ0v) is 13.5. The van der Waals surface area contributed by atoms with E-state index in [1.54, 1.807) is 27.2 Å². The summed E-state index contributed by atoms with van der Waals surface area (Å²) in [5.74, 6) is 1.14. The van der Waals surface area contributed by atoms with E-state index < -0.39 is 6.04 Å². The van der Waals surface area contributed by atoms with Crippen LogP contribution in [-0.4, -0.2) is 26.2 Å². The fourth-order valence-electron chi connectivity index (χ4n) is 1.87. The topological polar surface area (TPSA) is 73.6 Å². The molecule has 0 fully saturated rings. The minimum absolute atomic E-state index is 0. The van der Waals surface area contributed by atoms with E-state index in [0.717, 1.165) is 11.1 Å². The third kappa shape index (κ3) is 5.28. The lowest BCUT2D eigenvalue weighted by Gasteiger charge is -2.15. The molecular formula is C15H23ClN2O3. The first-order valence-corrected chi connectivity index (χ1v) is 6.41. The van der Waals surface area contributed by atoms with Crippen molar-refractivity contribution in [1.29, 1.82) is 0 Å². The average molecular weight is 315 g/mol. The second-order valence-electron chi connectivity index (χ2n) is 4.49. The lowest BCUT2D eigenvalue weighted by atomic mass is 10.1. The molecule has 6 heteroatoms. The summed E-state index contributed by atoms with van der Waals surface area (Å²) in [6.45, 7) is 5.77. The first kappa shape index (κ1) is 19.3. The molecule has 0 heterocycles. The number of ether oxygens (including phenoxy) is 2. The van der Waals surface area contributed by atoms with Crippen molar-refractivity contribution >= 4 is 18.3 Å². The smallest absolute Gasteiger partial charge is 0.236 e. The van der Waals surface area contributed by atoms with Crippen LogP contribution in [0.15, 0.2) is 24.8 Å². The fraction of sp³-hybridized carbons (Fsp3) is 0.400. The summed E-state index contributed by atoms with van der Waals surface area (Å²) in [5.41, 5.74) is 7.40. The molecule has 0 aliphatic carbocycles. The number of hydrogen-bond acceptors (Lipinski definition) is 4. The SMILES string of the molecule is C=CCc1cc(CNC(=O)[C@@H](C)N)cc(OC)c1OC.Cl. The first-order chi connectivity index (χ1) is 9.53. The highest BCUT2D eigenvalue weighted by molar-refractivity contribution is 5.85. The highest BCUT2D eigenvalue weighted by Gasteiger charge is 2.13. The summed E-state index contributed by atoms with van der Waals surface area (Å²) < 4.78 is 10.7. The number of carbonyl (C=O) groups excluding carboxylic acids is 1. The van der Waals surface area contributed by atoms with E-state index in [-0.39, 0.29) is 18.3 Å². The molecule has 0 aliphatic heterocycles.